The molecular formula is C36H45N3. The van der Waals surface area contributed by atoms with Crippen LogP contribution in [0.2, 0.25) is 0 Å². The Morgan fingerprint density at radius 1 is 0.462 bits per heavy atom. The molecule has 3 heterocycles. The largest absolute Gasteiger partial charge is 0.264 e. The normalized spacial score (nSPS) is 9.15. The Morgan fingerprint density at radius 2 is 1.08 bits per heavy atom. The van der Waals surface area contributed by atoms with E-state index in [1.54, 1.807) is 0 Å². The summed E-state index contributed by atoms with van der Waals surface area (Å²) in [6, 6.07) is 28.8. The predicted molar refractivity (Wildman–Crippen MR) is 173 cm³/mol. The molecule has 3 heteroatoms. The lowest BCUT2D eigenvalue weighted by Crippen LogP contribution is -1.79. The Labute approximate surface area is 236 Å². The molecule has 0 saturated carbocycles. The first-order chi connectivity index (χ1) is 19.1. The molecule has 3 nitrogen and oxygen atoms in total. The Kier molecular flexibility index (Phi) is 16.1. The minimum atomic E-state index is 1.07. The molecule has 3 aromatic carbocycles. The summed E-state index contributed by atoms with van der Waals surface area (Å²) in [5, 5.41) is 4.97. The van der Waals surface area contributed by atoms with Crippen molar-refractivity contribution < 1.29 is 0 Å². The fraction of sp³-hybridized carbons (Fsp3) is 0.250. The van der Waals surface area contributed by atoms with Crippen molar-refractivity contribution in [2.24, 2.45) is 0 Å². The average Bonchev–Trinajstić information content (AvgIpc) is 3.01. The molecule has 0 bridgehead atoms. The first-order valence-electron chi connectivity index (χ1n) is 14.0. The maximum Gasteiger partial charge on any atom is 0.0704 e. The van der Waals surface area contributed by atoms with E-state index in [2.05, 4.69) is 84.3 Å². The predicted octanol–water partition coefficient (Wildman–Crippen LogP) is 10.7. The fourth-order valence-corrected chi connectivity index (χ4v) is 3.72. The van der Waals surface area contributed by atoms with Crippen LogP contribution in [0.25, 0.3) is 32.6 Å². The first-order valence-corrected chi connectivity index (χ1v) is 14.0. The van der Waals surface area contributed by atoms with Crippen LogP contribution < -0.4 is 0 Å². The highest BCUT2D eigenvalue weighted by Crippen LogP contribution is 2.16. The number of fused-ring (bicyclic) bond motifs is 3. The Hall–Kier alpha value is -4.11. The highest BCUT2D eigenvalue weighted by molar-refractivity contribution is 5.84. The summed E-state index contributed by atoms with van der Waals surface area (Å²) in [5.74, 6) is 0. The third kappa shape index (κ3) is 10.3. The van der Waals surface area contributed by atoms with Gasteiger partial charge in [0.05, 0.1) is 11.0 Å². The van der Waals surface area contributed by atoms with Gasteiger partial charge in [-0.2, -0.15) is 0 Å². The molecule has 0 aliphatic rings. The summed E-state index contributed by atoms with van der Waals surface area (Å²) >= 11 is 0. The van der Waals surface area contributed by atoms with Gasteiger partial charge in [0.1, 0.15) is 0 Å². The van der Waals surface area contributed by atoms with E-state index in [1.807, 2.05) is 103 Å². The molecule has 204 valence electrons. The van der Waals surface area contributed by atoms with E-state index >= 15 is 0 Å². The van der Waals surface area contributed by atoms with Gasteiger partial charge >= 0.3 is 0 Å². The monoisotopic (exact) mass is 519 g/mol. The quantitative estimate of drug-likeness (QED) is 0.200. The minimum absolute atomic E-state index is 1.07. The maximum absolute atomic E-state index is 4.24. The molecule has 39 heavy (non-hydrogen) atoms. The number of aryl methyl sites for hydroxylation is 3. The van der Waals surface area contributed by atoms with Crippen molar-refractivity contribution in [3.05, 3.63) is 126 Å². The van der Waals surface area contributed by atoms with E-state index in [4.69, 9.17) is 0 Å². The summed E-state index contributed by atoms with van der Waals surface area (Å²) < 4.78 is 0. The number of nitrogens with zero attached hydrogens (tertiary/aromatic N) is 3. The number of rotatable bonds is 0. The molecular weight excluding hydrogens is 474 g/mol. The van der Waals surface area contributed by atoms with E-state index in [0.717, 1.165) is 11.0 Å². The zero-order chi connectivity index (χ0) is 29.0. The maximum atomic E-state index is 4.24. The third-order valence-electron chi connectivity index (χ3n) is 5.49. The van der Waals surface area contributed by atoms with Crippen LogP contribution in [0.4, 0.5) is 0 Å². The van der Waals surface area contributed by atoms with Crippen LogP contribution in [0.3, 0.4) is 0 Å². The standard InChI is InChI=1S/3C10H9N.3C2H6/c1-8-4-2-6-10-9(8)5-3-7-11-10;1-8-4-5-10-9(7-8)3-2-6-11-10;1-8-6-11-7-9-4-2-3-5-10(8)9;3*1-2/h3*2-7H,1H3;3*1-2H3. The Morgan fingerprint density at radius 3 is 1.77 bits per heavy atom. The molecule has 0 aliphatic heterocycles. The van der Waals surface area contributed by atoms with Gasteiger partial charge in [-0.3, -0.25) is 15.0 Å². The lowest BCUT2D eigenvalue weighted by molar-refractivity contribution is 1.31. The lowest BCUT2D eigenvalue weighted by atomic mass is 10.1. The van der Waals surface area contributed by atoms with E-state index in [0.29, 0.717) is 0 Å². The first kappa shape index (κ1) is 32.9. The van der Waals surface area contributed by atoms with E-state index < -0.39 is 0 Å². The van der Waals surface area contributed by atoms with Gasteiger partial charge in [0.25, 0.3) is 0 Å². The van der Waals surface area contributed by atoms with Gasteiger partial charge in [-0.1, -0.05) is 102 Å². The topological polar surface area (TPSA) is 38.7 Å². The van der Waals surface area contributed by atoms with Gasteiger partial charge in [0.2, 0.25) is 0 Å². The average molecular weight is 520 g/mol. The molecule has 0 unspecified atom stereocenters. The number of benzene rings is 3. The van der Waals surface area contributed by atoms with Crippen molar-refractivity contribution in [3.63, 3.8) is 0 Å². The number of aromatic nitrogens is 3. The molecule has 0 spiro atoms. The lowest BCUT2D eigenvalue weighted by Gasteiger charge is -1.98. The van der Waals surface area contributed by atoms with Crippen LogP contribution in [0, 0.1) is 20.8 Å². The van der Waals surface area contributed by atoms with Crippen LogP contribution >= 0.6 is 0 Å². The van der Waals surface area contributed by atoms with Crippen molar-refractivity contribution in [3.8, 4) is 0 Å². The van der Waals surface area contributed by atoms with Gasteiger partial charge in [0.15, 0.2) is 0 Å². The second-order valence-corrected chi connectivity index (χ2v) is 8.02. The molecule has 0 atom stereocenters. The Balaban J connectivity index is 0.000000267. The molecule has 6 rings (SSSR count). The van der Waals surface area contributed by atoms with Crippen LogP contribution in [-0.4, -0.2) is 15.0 Å². The molecule has 0 aliphatic carbocycles. The fourth-order valence-electron chi connectivity index (χ4n) is 3.72. The van der Waals surface area contributed by atoms with Crippen molar-refractivity contribution in [1.29, 1.82) is 0 Å². The summed E-state index contributed by atoms with van der Waals surface area (Å²) in [4.78, 5) is 12.6. The third-order valence-corrected chi connectivity index (χ3v) is 5.49. The highest BCUT2D eigenvalue weighted by Gasteiger charge is 1.94. The Bertz CT molecular complexity index is 1410. The van der Waals surface area contributed by atoms with Gasteiger partial charge in [-0.15, -0.1) is 0 Å². The van der Waals surface area contributed by atoms with Crippen molar-refractivity contribution in [2.75, 3.05) is 0 Å². The second-order valence-electron chi connectivity index (χ2n) is 8.02. The zero-order valence-electron chi connectivity index (χ0n) is 25.2. The molecule has 0 radical (unpaired) electrons. The second kappa shape index (κ2) is 19.0. The van der Waals surface area contributed by atoms with Crippen LogP contribution in [0.15, 0.2) is 110 Å². The van der Waals surface area contributed by atoms with Crippen LogP contribution in [0.1, 0.15) is 58.2 Å². The van der Waals surface area contributed by atoms with Gasteiger partial charge in [-0.25, -0.2) is 0 Å². The van der Waals surface area contributed by atoms with Gasteiger partial charge in [-0.05, 0) is 67.6 Å². The van der Waals surface area contributed by atoms with Gasteiger partial charge < -0.3 is 0 Å². The number of pyridine rings is 3. The number of hydrogen-bond donors (Lipinski definition) is 0. The molecule has 3 aromatic heterocycles. The molecule has 0 N–H and O–H groups in total. The molecule has 6 aromatic rings. The van der Waals surface area contributed by atoms with Crippen LogP contribution in [0.5, 0.6) is 0 Å². The molecule has 0 saturated heterocycles. The van der Waals surface area contributed by atoms with Crippen molar-refractivity contribution in [1.82, 2.24) is 15.0 Å². The minimum Gasteiger partial charge on any atom is -0.264 e. The van der Waals surface area contributed by atoms with E-state index in [9.17, 15) is 0 Å². The SMILES string of the molecule is CC.CC.CC.Cc1ccc2ncccc2c1.Cc1cccc2ncccc12.Cc1cncc2ccccc12. The van der Waals surface area contributed by atoms with E-state index in [-0.39, 0.29) is 0 Å². The van der Waals surface area contributed by atoms with Crippen LogP contribution in [-0.2, 0) is 0 Å². The van der Waals surface area contributed by atoms with Crippen molar-refractivity contribution >= 4 is 32.6 Å². The molecule has 0 amide bonds. The smallest absolute Gasteiger partial charge is 0.0704 e. The summed E-state index contributed by atoms with van der Waals surface area (Å²) in [5.41, 5.74) is 5.95. The summed E-state index contributed by atoms with van der Waals surface area (Å²) in [7, 11) is 0. The zero-order valence-corrected chi connectivity index (χ0v) is 25.2. The highest BCUT2D eigenvalue weighted by atomic mass is 14.6. The van der Waals surface area contributed by atoms with Crippen molar-refractivity contribution in [2.45, 2.75) is 62.3 Å². The van der Waals surface area contributed by atoms with E-state index in [1.165, 1.54) is 38.2 Å². The molecule has 0 fully saturated rings. The van der Waals surface area contributed by atoms with Gasteiger partial charge in [0, 0.05) is 40.9 Å². The summed E-state index contributed by atoms with van der Waals surface area (Å²) in [6.07, 6.45) is 7.42. The summed E-state index contributed by atoms with van der Waals surface area (Å²) in [6.45, 7) is 18.3. The number of hydrogen-bond acceptors (Lipinski definition) is 3.